The minimum atomic E-state index is -0.733. The summed E-state index contributed by atoms with van der Waals surface area (Å²) in [5.41, 5.74) is 0.974. The molecule has 0 unspecified atom stereocenters. The molecule has 0 spiro atoms. The number of esters is 1. The van der Waals surface area contributed by atoms with Gasteiger partial charge in [-0.3, -0.25) is 4.79 Å². The quantitative estimate of drug-likeness (QED) is 0.567. The van der Waals surface area contributed by atoms with Crippen molar-refractivity contribution < 1.29 is 24.5 Å². The molecule has 0 bridgehead atoms. The van der Waals surface area contributed by atoms with Gasteiger partial charge in [0.1, 0.15) is 23.2 Å². The zero-order valence-electron chi connectivity index (χ0n) is 15.4. The largest absolute Gasteiger partial charge is 0.508 e. The van der Waals surface area contributed by atoms with E-state index < -0.39 is 17.8 Å². The van der Waals surface area contributed by atoms with Gasteiger partial charge >= 0.3 is 5.97 Å². The molecule has 2 N–H and O–H groups in total. The van der Waals surface area contributed by atoms with Crippen molar-refractivity contribution in [3.8, 4) is 11.5 Å². The number of allylic oxidation sites excluding steroid dienone is 3. The molecule has 5 nitrogen and oxygen atoms in total. The van der Waals surface area contributed by atoms with Gasteiger partial charge < -0.3 is 14.9 Å². The van der Waals surface area contributed by atoms with Crippen molar-refractivity contribution in [1.82, 2.24) is 0 Å². The molecule has 3 rings (SSSR count). The third kappa shape index (κ3) is 4.88. The number of phenols is 2. The van der Waals surface area contributed by atoms with Crippen molar-refractivity contribution in [3.05, 3.63) is 83.5 Å². The molecule has 0 amide bonds. The lowest BCUT2D eigenvalue weighted by Crippen LogP contribution is -2.15. The fourth-order valence-corrected chi connectivity index (χ4v) is 3.14. The summed E-state index contributed by atoms with van der Waals surface area (Å²) in [6.07, 6.45) is 8.53. The van der Waals surface area contributed by atoms with Crippen molar-refractivity contribution in [2.24, 2.45) is 0 Å². The SMILES string of the molecule is O=C1C=CCCC=CC[C@@H](c2ccccc2)OC(=O)c2c(O)cc(O)cc2C1. The van der Waals surface area contributed by atoms with E-state index in [9.17, 15) is 19.8 Å². The smallest absolute Gasteiger partial charge is 0.342 e. The van der Waals surface area contributed by atoms with Crippen LogP contribution in [0.15, 0.2) is 66.8 Å². The number of cyclic esters (lactones) is 1. The van der Waals surface area contributed by atoms with Gasteiger partial charge in [-0.15, -0.1) is 0 Å². The highest BCUT2D eigenvalue weighted by atomic mass is 16.5. The average Bonchev–Trinajstić information content (AvgIpc) is 2.65. The first kappa shape index (κ1) is 19.4. The van der Waals surface area contributed by atoms with Crippen LogP contribution in [-0.4, -0.2) is 22.0 Å². The van der Waals surface area contributed by atoms with Crippen LogP contribution in [0.3, 0.4) is 0 Å². The summed E-state index contributed by atoms with van der Waals surface area (Å²) in [5, 5.41) is 20.0. The summed E-state index contributed by atoms with van der Waals surface area (Å²) < 4.78 is 5.70. The second-order valence-corrected chi connectivity index (χ2v) is 6.63. The van der Waals surface area contributed by atoms with E-state index >= 15 is 0 Å². The number of phenolic OH excluding ortho intramolecular Hbond substituents is 2. The van der Waals surface area contributed by atoms with Crippen LogP contribution in [0.1, 0.15) is 46.9 Å². The second-order valence-electron chi connectivity index (χ2n) is 6.63. The molecule has 1 aliphatic heterocycles. The molecule has 28 heavy (non-hydrogen) atoms. The summed E-state index contributed by atoms with van der Waals surface area (Å²) in [6.45, 7) is 0. The Balaban J connectivity index is 2.01. The maximum atomic E-state index is 12.9. The molecule has 0 aromatic heterocycles. The molecule has 1 heterocycles. The molecule has 2 aromatic rings. The van der Waals surface area contributed by atoms with Crippen LogP contribution in [0.25, 0.3) is 0 Å². The number of carbonyl (C=O) groups excluding carboxylic acids is 2. The number of benzene rings is 2. The lowest BCUT2D eigenvalue weighted by atomic mass is 9.99. The molecule has 0 aliphatic carbocycles. The molecular formula is C23H22O5. The predicted octanol–water partition coefficient (Wildman–Crippen LogP) is 4.40. The third-order valence-electron chi connectivity index (χ3n) is 4.49. The highest BCUT2D eigenvalue weighted by Crippen LogP contribution is 2.31. The van der Waals surface area contributed by atoms with Crippen molar-refractivity contribution in [2.75, 3.05) is 0 Å². The monoisotopic (exact) mass is 378 g/mol. The molecule has 0 radical (unpaired) electrons. The van der Waals surface area contributed by atoms with Crippen LogP contribution in [0.4, 0.5) is 0 Å². The Labute approximate surface area is 163 Å². The Hall–Kier alpha value is -3.34. The van der Waals surface area contributed by atoms with E-state index in [0.717, 1.165) is 24.5 Å². The normalized spacial score (nSPS) is 18.2. The number of ether oxygens (including phenoxy) is 1. The first-order valence-electron chi connectivity index (χ1n) is 9.19. The van der Waals surface area contributed by atoms with Gasteiger partial charge in [-0.25, -0.2) is 4.79 Å². The first-order valence-corrected chi connectivity index (χ1v) is 9.19. The standard InChI is InChI=1S/C23H22O5/c24-18-11-7-2-1-3-8-12-21(16-9-5-4-6-10-16)28-23(27)22-17(13-18)14-19(25)15-20(22)26/h3-11,14-15,21,25-26H,1-2,12-13H2/t21-/m0/s1. The predicted molar refractivity (Wildman–Crippen MR) is 105 cm³/mol. The van der Waals surface area contributed by atoms with E-state index in [1.165, 1.54) is 12.1 Å². The number of fused-ring (bicyclic) bond motifs is 1. The van der Waals surface area contributed by atoms with E-state index in [2.05, 4.69) is 0 Å². The van der Waals surface area contributed by atoms with Crippen molar-refractivity contribution in [1.29, 1.82) is 0 Å². The van der Waals surface area contributed by atoms with Gasteiger partial charge in [0.25, 0.3) is 0 Å². The molecule has 144 valence electrons. The van der Waals surface area contributed by atoms with Gasteiger partial charge in [-0.05, 0) is 36.1 Å². The van der Waals surface area contributed by atoms with Crippen molar-refractivity contribution >= 4 is 11.8 Å². The summed E-state index contributed by atoms with van der Waals surface area (Å²) in [4.78, 5) is 25.1. The topological polar surface area (TPSA) is 83.8 Å². The van der Waals surface area contributed by atoms with E-state index in [1.54, 1.807) is 6.08 Å². The number of carbonyl (C=O) groups is 2. The summed E-state index contributed by atoms with van der Waals surface area (Å²) in [5.74, 6) is -1.58. The van der Waals surface area contributed by atoms with Crippen LogP contribution < -0.4 is 0 Å². The minimum Gasteiger partial charge on any atom is -0.508 e. The Kier molecular flexibility index (Phi) is 6.27. The van der Waals surface area contributed by atoms with E-state index in [-0.39, 0.29) is 29.1 Å². The van der Waals surface area contributed by atoms with Crippen LogP contribution in [0.5, 0.6) is 11.5 Å². The fourth-order valence-electron chi connectivity index (χ4n) is 3.14. The summed E-state index contributed by atoms with van der Waals surface area (Å²) in [7, 11) is 0. The fraction of sp³-hybridized carbons (Fsp3) is 0.217. The number of hydrogen-bond acceptors (Lipinski definition) is 5. The number of hydrogen-bond donors (Lipinski definition) is 2. The van der Waals surface area contributed by atoms with E-state index in [4.69, 9.17) is 4.74 Å². The lowest BCUT2D eigenvalue weighted by molar-refractivity contribution is -0.114. The van der Waals surface area contributed by atoms with Crippen molar-refractivity contribution in [3.63, 3.8) is 0 Å². The second kappa shape index (κ2) is 9.04. The van der Waals surface area contributed by atoms with Crippen LogP contribution >= 0.6 is 0 Å². The van der Waals surface area contributed by atoms with Gasteiger partial charge in [0.15, 0.2) is 5.78 Å². The first-order chi connectivity index (χ1) is 13.5. The van der Waals surface area contributed by atoms with Gasteiger partial charge in [0, 0.05) is 18.9 Å². The molecule has 0 fully saturated rings. The molecule has 1 aliphatic rings. The van der Waals surface area contributed by atoms with Crippen LogP contribution in [0.2, 0.25) is 0 Å². The average molecular weight is 378 g/mol. The summed E-state index contributed by atoms with van der Waals surface area (Å²) >= 11 is 0. The zero-order valence-corrected chi connectivity index (χ0v) is 15.4. The maximum Gasteiger partial charge on any atom is 0.342 e. The van der Waals surface area contributed by atoms with E-state index in [0.29, 0.717) is 6.42 Å². The highest BCUT2D eigenvalue weighted by molar-refractivity contribution is 5.98. The van der Waals surface area contributed by atoms with Gasteiger partial charge in [-0.1, -0.05) is 48.6 Å². The molecule has 0 saturated carbocycles. The minimum absolute atomic E-state index is 0.0958. The molecule has 1 atom stereocenters. The Morgan fingerprint density at radius 3 is 2.46 bits per heavy atom. The Morgan fingerprint density at radius 1 is 0.929 bits per heavy atom. The molecular weight excluding hydrogens is 356 g/mol. The van der Waals surface area contributed by atoms with E-state index in [1.807, 2.05) is 42.5 Å². The number of aromatic hydroxyl groups is 2. The van der Waals surface area contributed by atoms with Crippen LogP contribution in [-0.2, 0) is 16.0 Å². The maximum absolute atomic E-state index is 12.9. The lowest BCUT2D eigenvalue weighted by Gasteiger charge is -2.19. The molecule has 2 aromatic carbocycles. The van der Waals surface area contributed by atoms with Crippen molar-refractivity contribution in [2.45, 2.75) is 31.8 Å². The molecule has 5 heteroatoms. The summed E-state index contributed by atoms with van der Waals surface area (Å²) in [6, 6.07) is 11.7. The van der Waals surface area contributed by atoms with Gasteiger partial charge in [0.2, 0.25) is 0 Å². The Bertz CT molecular complexity index is 912. The third-order valence-corrected chi connectivity index (χ3v) is 4.49. The van der Waals surface area contributed by atoms with Gasteiger partial charge in [-0.2, -0.15) is 0 Å². The Morgan fingerprint density at radius 2 is 1.68 bits per heavy atom. The zero-order chi connectivity index (χ0) is 19.9. The van der Waals surface area contributed by atoms with Crippen LogP contribution in [0, 0.1) is 0 Å². The highest BCUT2D eigenvalue weighted by Gasteiger charge is 2.24. The number of rotatable bonds is 1. The van der Waals surface area contributed by atoms with Gasteiger partial charge in [0.05, 0.1) is 0 Å². The number of ketones is 1. The molecule has 0 saturated heterocycles.